The van der Waals surface area contributed by atoms with Gasteiger partial charge >= 0.3 is 0 Å². The predicted octanol–water partition coefficient (Wildman–Crippen LogP) is 2.02. The lowest BCUT2D eigenvalue weighted by atomic mass is 9.90. The van der Waals surface area contributed by atoms with Gasteiger partial charge in [-0.1, -0.05) is 17.7 Å². The smallest absolute Gasteiger partial charge is 0.254 e. The first-order valence-electron chi connectivity index (χ1n) is 7.78. The Labute approximate surface area is 144 Å². The molecular weight excluding hydrogens is 316 g/mol. The maximum atomic E-state index is 12.7. The second-order valence-corrected chi connectivity index (χ2v) is 5.84. The van der Waals surface area contributed by atoms with E-state index in [0.717, 1.165) is 18.8 Å². The number of aryl methyl sites for hydroxylation is 1. The number of carbonyl (C=O) groups excluding carboxylic acids is 1. The topological polar surface area (TPSA) is 50.8 Å². The van der Waals surface area contributed by atoms with Crippen molar-refractivity contribution in [3.05, 3.63) is 29.8 Å². The molecule has 23 heavy (non-hydrogen) atoms. The zero-order valence-corrected chi connectivity index (χ0v) is 14.9. The summed E-state index contributed by atoms with van der Waals surface area (Å²) in [7, 11) is 3.43. The molecule has 0 aromatic heterocycles. The highest BCUT2D eigenvalue weighted by Gasteiger charge is 2.41. The van der Waals surface area contributed by atoms with Crippen LogP contribution in [0.1, 0.15) is 18.4 Å². The van der Waals surface area contributed by atoms with Crippen LogP contribution in [-0.2, 0) is 9.53 Å². The number of rotatable bonds is 6. The van der Waals surface area contributed by atoms with Crippen molar-refractivity contribution >= 4 is 18.3 Å². The second-order valence-electron chi connectivity index (χ2n) is 5.84. The maximum absolute atomic E-state index is 12.7. The van der Waals surface area contributed by atoms with Gasteiger partial charge < -0.3 is 19.7 Å². The number of likely N-dealkylation sites (N-methyl/N-ethyl adjacent to an activating group) is 1. The number of halogens is 1. The van der Waals surface area contributed by atoms with Gasteiger partial charge in [-0.05, 0) is 45.0 Å². The number of amides is 1. The van der Waals surface area contributed by atoms with Crippen molar-refractivity contribution in [2.75, 3.05) is 40.4 Å². The van der Waals surface area contributed by atoms with E-state index in [9.17, 15) is 4.79 Å². The van der Waals surface area contributed by atoms with Gasteiger partial charge in [0.25, 0.3) is 5.91 Å². The molecule has 1 saturated heterocycles. The quantitative estimate of drug-likeness (QED) is 0.859. The van der Waals surface area contributed by atoms with Gasteiger partial charge in [0.2, 0.25) is 0 Å². The zero-order valence-electron chi connectivity index (χ0n) is 14.1. The van der Waals surface area contributed by atoms with Crippen molar-refractivity contribution < 1.29 is 14.3 Å². The Hall–Kier alpha value is -1.30. The Morgan fingerprint density at radius 3 is 2.43 bits per heavy atom. The summed E-state index contributed by atoms with van der Waals surface area (Å²) in [4.78, 5) is 14.4. The number of nitrogens with zero attached hydrogens (tertiary/aromatic N) is 1. The number of hydrogen-bond acceptors (Lipinski definition) is 4. The van der Waals surface area contributed by atoms with E-state index < -0.39 is 5.60 Å². The van der Waals surface area contributed by atoms with Crippen LogP contribution < -0.4 is 10.1 Å². The lowest BCUT2D eigenvalue weighted by Gasteiger charge is -2.37. The van der Waals surface area contributed by atoms with Crippen molar-refractivity contribution in [2.24, 2.45) is 0 Å². The van der Waals surface area contributed by atoms with Gasteiger partial charge in [-0.25, -0.2) is 0 Å². The largest absolute Gasteiger partial charge is 0.492 e. The van der Waals surface area contributed by atoms with Gasteiger partial charge in [-0.15, -0.1) is 12.4 Å². The molecule has 0 aliphatic carbocycles. The van der Waals surface area contributed by atoms with Crippen molar-refractivity contribution in [3.8, 4) is 5.75 Å². The first-order chi connectivity index (χ1) is 10.6. The van der Waals surface area contributed by atoms with Crippen LogP contribution in [0, 0.1) is 6.92 Å². The van der Waals surface area contributed by atoms with Gasteiger partial charge in [0, 0.05) is 14.2 Å². The summed E-state index contributed by atoms with van der Waals surface area (Å²) in [5.74, 6) is 0.874. The lowest BCUT2D eigenvalue weighted by molar-refractivity contribution is -0.157. The molecule has 1 aliphatic heterocycles. The SMILES string of the molecule is COC1(C(=O)N(C)CCOc2ccc(C)cc2)CCNCC1.Cl. The fourth-order valence-corrected chi connectivity index (χ4v) is 2.72. The molecule has 1 N–H and O–H groups in total. The molecule has 0 spiro atoms. The average Bonchev–Trinajstić information content (AvgIpc) is 2.56. The Morgan fingerprint density at radius 1 is 1.26 bits per heavy atom. The summed E-state index contributed by atoms with van der Waals surface area (Å²) >= 11 is 0. The minimum absolute atomic E-state index is 0. The van der Waals surface area contributed by atoms with E-state index in [0.29, 0.717) is 26.0 Å². The minimum atomic E-state index is -0.677. The number of hydrogen-bond donors (Lipinski definition) is 1. The number of methoxy groups -OCH3 is 1. The predicted molar refractivity (Wildman–Crippen MR) is 93.4 cm³/mol. The van der Waals surface area contributed by atoms with Crippen LogP contribution in [0.3, 0.4) is 0 Å². The van der Waals surface area contributed by atoms with Crippen molar-refractivity contribution in [3.63, 3.8) is 0 Å². The maximum Gasteiger partial charge on any atom is 0.254 e. The lowest BCUT2D eigenvalue weighted by Crippen LogP contribution is -2.55. The second kappa shape index (κ2) is 9.11. The molecule has 1 fully saturated rings. The van der Waals surface area contributed by atoms with Crippen LogP contribution in [0.4, 0.5) is 0 Å². The highest BCUT2D eigenvalue weighted by atomic mass is 35.5. The summed E-state index contributed by atoms with van der Waals surface area (Å²) in [5.41, 5.74) is 0.525. The van der Waals surface area contributed by atoms with Crippen LogP contribution in [0.25, 0.3) is 0 Å². The summed E-state index contributed by atoms with van der Waals surface area (Å²) in [6.45, 7) is 4.69. The molecule has 2 rings (SSSR count). The Kier molecular flexibility index (Phi) is 7.82. The fourth-order valence-electron chi connectivity index (χ4n) is 2.72. The van der Waals surface area contributed by atoms with Gasteiger partial charge in [0.05, 0.1) is 6.54 Å². The highest BCUT2D eigenvalue weighted by Crippen LogP contribution is 2.24. The van der Waals surface area contributed by atoms with E-state index in [1.807, 2.05) is 38.2 Å². The molecule has 0 saturated carbocycles. The van der Waals surface area contributed by atoms with Gasteiger partial charge in [-0.2, -0.15) is 0 Å². The number of nitrogens with one attached hydrogen (secondary N) is 1. The van der Waals surface area contributed by atoms with Crippen LogP contribution in [0.15, 0.2) is 24.3 Å². The Bertz CT molecular complexity index is 487. The third-order valence-corrected chi connectivity index (χ3v) is 4.25. The molecular formula is C17H27ClN2O3. The monoisotopic (exact) mass is 342 g/mol. The third-order valence-electron chi connectivity index (χ3n) is 4.25. The van der Waals surface area contributed by atoms with E-state index >= 15 is 0 Å². The van der Waals surface area contributed by atoms with Crippen molar-refractivity contribution in [1.29, 1.82) is 0 Å². The van der Waals surface area contributed by atoms with Crippen molar-refractivity contribution in [1.82, 2.24) is 10.2 Å². The molecule has 5 nitrogen and oxygen atoms in total. The molecule has 1 aliphatic rings. The molecule has 0 radical (unpaired) electrons. The molecule has 1 amide bonds. The summed E-state index contributed by atoms with van der Waals surface area (Å²) in [5, 5.41) is 3.26. The van der Waals surface area contributed by atoms with Crippen LogP contribution in [0.2, 0.25) is 0 Å². The number of piperidine rings is 1. The molecule has 0 unspecified atom stereocenters. The molecule has 1 aromatic rings. The van der Waals surface area contributed by atoms with E-state index in [2.05, 4.69) is 5.32 Å². The molecule has 1 heterocycles. The average molecular weight is 343 g/mol. The van der Waals surface area contributed by atoms with Gasteiger partial charge in [0.1, 0.15) is 18.0 Å². The third kappa shape index (κ3) is 5.09. The minimum Gasteiger partial charge on any atom is -0.492 e. The molecule has 6 heteroatoms. The van der Waals surface area contributed by atoms with E-state index in [1.165, 1.54) is 5.56 Å². The number of carbonyl (C=O) groups is 1. The van der Waals surface area contributed by atoms with Gasteiger partial charge in [0.15, 0.2) is 0 Å². The molecule has 130 valence electrons. The molecule has 0 atom stereocenters. The zero-order chi connectivity index (χ0) is 16.0. The standard InChI is InChI=1S/C17H26N2O3.ClH/c1-14-4-6-15(7-5-14)22-13-12-19(2)16(20)17(21-3)8-10-18-11-9-17;/h4-7,18H,8-13H2,1-3H3;1H. The van der Waals surface area contributed by atoms with E-state index in [1.54, 1.807) is 12.0 Å². The molecule has 0 bridgehead atoms. The van der Waals surface area contributed by atoms with E-state index in [4.69, 9.17) is 9.47 Å². The normalized spacial score (nSPS) is 16.3. The first-order valence-corrected chi connectivity index (χ1v) is 7.78. The van der Waals surface area contributed by atoms with Gasteiger partial charge in [-0.3, -0.25) is 4.79 Å². The highest BCUT2D eigenvalue weighted by molar-refractivity contribution is 5.85. The fraction of sp³-hybridized carbons (Fsp3) is 0.588. The van der Waals surface area contributed by atoms with Crippen molar-refractivity contribution in [2.45, 2.75) is 25.4 Å². The van der Waals surface area contributed by atoms with Crippen LogP contribution in [-0.4, -0.2) is 56.8 Å². The molecule has 1 aromatic carbocycles. The number of benzene rings is 1. The van der Waals surface area contributed by atoms with Crippen LogP contribution >= 0.6 is 12.4 Å². The summed E-state index contributed by atoms with van der Waals surface area (Å²) in [6.07, 6.45) is 1.43. The van der Waals surface area contributed by atoms with E-state index in [-0.39, 0.29) is 18.3 Å². The summed E-state index contributed by atoms with van der Waals surface area (Å²) in [6, 6.07) is 7.92. The van der Waals surface area contributed by atoms with Crippen LogP contribution in [0.5, 0.6) is 5.75 Å². The first kappa shape index (κ1) is 19.7. The Morgan fingerprint density at radius 2 is 1.87 bits per heavy atom. The number of ether oxygens (including phenoxy) is 2. The summed E-state index contributed by atoms with van der Waals surface area (Å²) < 4.78 is 11.3. The Balaban J connectivity index is 0.00000264.